The van der Waals surface area contributed by atoms with Gasteiger partial charge in [0.2, 0.25) is 0 Å². The second kappa shape index (κ2) is 7.68. The van der Waals surface area contributed by atoms with Gasteiger partial charge in [0, 0.05) is 5.02 Å². The van der Waals surface area contributed by atoms with E-state index in [1.165, 1.54) is 29.1 Å². The number of aryl methyl sites for hydroxylation is 1. The van der Waals surface area contributed by atoms with Crippen LogP contribution in [-0.2, 0) is 0 Å². The van der Waals surface area contributed by atoms with Gasteiger partial charge in [0.1, 0.15) is 11.0 Å². The molecule has 1 heterocycles. The van der Waals surface area contributed by atoms with E-state index in [-0.39, 0.29) is 5.56 Å². The predicted octanol–water partition coefficient (Wildman–Crippen LogP) is 4.39. The van der Waals surface area contributed by atoms with Crippen molar-refractivity contribution in [2.75, 3.05) is 0 Å². The van der Waals surface area contributed by atoms with E-state index >= 15 is 0 Å². The molecule has 1 amide bonds. The standard InChI is InChI=1S/C18H13Cl2FN4O/c1-11-15(10-22-23-18(26)14-7-2-3-8-16(14)21)17(20)25(24-11)13-6-4-5-12(19)9-13/h2-10H,1H3,(H,23,26)/b22-10+. The summed E-state index contributed by atoms with van der Waals surface area (Å²) in [5, 5.41) is 9.07. The van der Waals surface area contributed by atoms with E-state index in [2.05, 4.69) is 15.6 Å². The lowest BCUT2D eigenvalue weighted by molar-refractivity contribution is 0.0951. The largest absolute Gasteiger partial charge is 0.274 e. The van der Waals surface area contributed by atoms with Gasteiger partial charge < -0.3 is 0 Å². The van der Waals surface area contributed by atoms with E-state index in [9.17, 15) is 9.18 Å². The van der Waals surface area contributed by atoms with Crippen LogP contribution in [0, 0.1) is 12.7 Å². The number of hydrazone groups is 1. The molecule has 3 aromatic rings. The van der Waals surface area contributed by atoms with Crippen molar-refractivity contribution >= 4 is 35.3 Å². The number of nitrogens with one attached hydrogen (secondary N) is 1. The van der Waals surface area contributed by atoms with Crippen LogP contribution in [0.2, 0.25) is 10.2 Å². The Bertz CT molecular complexity index is 1000. The van der Waals surface area contributed by atoms with Crippen LogP contribution < -0.4 is 5.43 Å². The van der Waals surface area contributed by atoms with Crippen LogP contribution in [0.1, 0.15) is 21.6 Å². The molecule has 1 N–H and O–H groups in total. The van der Waals surface area contributed by atoms with E-state index in [0.29, 0.717) is 27.1 Å². The summed E-state index contributed by atoms with van der Waals surface area (Å²) in [7, 11) is 0. The highest BCUT2D eigenvalue weighted by Crippen LogP contribution is 2.23. The molecule has 2 aromatic carbocycles. The summed E-state index contributed by atoms with van der Waals surface area (Å²) in [6, 6.07) is 12.7. The fourth-order valence-corrected chi connectivity index (χ4v) is 2.80. The lowest BCUT2D eigenvalue weighted by Gasteiger charge is -2.03. The molecule has 0 radical (unpaired) electrons. The van der Waals surface area contributed by atoms with Crippen LogP contribution in [0.3, 0.4) is 0 Å². The molecule has 132 valence electrons. The maximum atomic E-state index is 13.6. The van der Waals surface area contributed by atoms with Gasteiger partial charge >= 0.3 is 0 Å². The smallest absolute Gasteiger partial charge is 0.267 e. The lowest BCUT2D eigenvalue weighted by atomic mass is 10.2. The first kappa shape index (κ1) is 18.1. The quantitative estimate of drug-likeness (QED) is 0.530. The number of hydrogen-bond acceptors (Lipinski definition) is 3. The van der Waals surface area contributed by atoms with Crippen molar-refractivity contribution in [3.8, 4) is 5.69 Å². The van der Waals surface area contributed by atoms with E-state index in [1.807, 2.05) is 6.07 Å². The average Bonchev–Trinajstić information content (AvgIpc) is 2.90. The van der Waals surface area contributed by atoms with Gasteiger partial charge in [0.05, 0.1) is 28.7 Å². The summed E-state index contributed by atoms with van der Waals surface area (Å²) in [6.45, 7) is 1.76. The van der Waals surface area contributed by atoms with Gasteiger partial charge in [-0.3, -0.25) is 4.79 Å². The predicted molar refractivity (Wildman–Crippen MR) is 99.8 cm³/mol. The van der Waals surface area contributed by atoms with Gasteiger partial charge in [-0.05, 0) is 37.3 Å². The van der Waals surface area contributed by atoms with Crippen LogP contribution >= 0.6 is 23.2 Å². The summed E-state index contributed by atoms with van der Waals surface area (Å²) in [4.78, 5) is 12.0. The molecule has 1 aromatic heterocycles. The maximum absolute atomic E-state index is 13.6. The fraction of sp³-hybridized carbons (Fsp3) is 0.0556. The number of nitrogens with zero attached hydrogens (tertiary/aromatic N) is 3. The van der Waals surface area contributed by atoms with Gasteiger partial charge in [0.15, 0.2) is 0 Å². The Labute approximate surface area is 159 Å². The second-order valence-electron chi connectivity index (χ2n) is 5.36. The first-order valence-electron chi connectivity index (χ1n) is 7.56. The van der Waals surface area contributed by atoms with Crippen molar-refractivity contribution in [3.05, 3.63) is 81.3 Å². The molecule has 0 aliphatic carbocycles. The molecule has 0 fully saturated rings. The molecule has 0 unspecified atom stereocenters. The number of halogens is 3. The zero-order chi connectivity index (χ0) is 18.7. The Morgan fingerprint density at radius 2 is 2.00 bits per heavy atom. The average molecular weight is 391 g/mol. The van der Waals surface area contributed by atoms with Crippen molar-refractivity contribution in [2.24, 2.45) is 5.10 Å². The molecular formula is C18H13Cl2FN4O. The molecule has 3 rings (SSSR count). The number of carbonyl (C=O) groups is 1. The topological polar surface area (TPSA) is 59.3 Å². The first-order chi connectivity index (χ1) is 12.5. The second-order valence-corrected chi connectivity index (χ2v) is 6.15. The summed E-state index contributed by atoms with van der Waals surface area (Å²) < 4.78 is 15.1. The van der Waals surface area contributed by atoms with Gasteiger partial charge in [-0.1, -0.05) is 41.4 Å². The van der Waals surface area contributed by atoms with Crippen LogP contribution in [-0.4, -0.2) is 21.9 Å². The van der Waals surface area contributed by atoms with E-state index in [0.717, 1.165) is 0 Å². The van der Waals surface area contributed by atoms with Crippen molar-refractivity contribution in [1.82, 2.24) is 15.2 Å². The van der Waals surface area contributed by atoms with Crippen molar-refractivity contribution in [2.45, 2.75) is 6.92 Å². The Balaban J connectivity index is 1.81. The van der Waals surface area contributed by atoms with Crippen LogP contribution in [0.25, 0.3) is 5.69 Å². The summed E-state index contributed by atoms with van der Waals surface area (Å²) in [6.07, 6.45) is 1.37. The van der Waals surface area contributed by atoms with Gasteiger partial charge in [-0.15, -0.1) is 0 Å². The molecule has 0 saturated carbocycles. The van der Waals surface area contributed by atoms with E-state index in [1.54, 1.807) is 31.2 Å². The zero-order valence-electron chi connectivity index (χ0n) is 13.6. The molecule has 0 spiro atoms. The number of benzene rings is 2. The summed E-state index contributed by atoms with van der Waals surface area (Å²) >= 11 is 12.4. The molecule has 0 aliphatic rings. The van der Waals surface area contributed by atoms with Gasteiger partial charge in [0.25, 0.3) is 5.91 Å². The third-order valence-electron chi connectivity index (χ3n) is 3.58. The Morgan fingerprint density at radius 3 is 2.73 bits per heavy atom. The number of amides is 1. The van der Waals surface area contributed by atoms with Gasteiger partial charge in [-0.25, -0.2) is 14.5 Å². The highest BCUT2D eigenvalue weighted by Gasteiger charge is 2.14. The van der Waals surface area contributed by atoms with Crippen LogP contribution in [0.5, 0.6) is 0 Å². The van der Waals surface area contributed by atoms with Crippen LogP contribution in [0.15, 0.2) is 53.6 Å². The molecule has 0 atom stereocenters. The van der Waals surface area contributed by atoms with E-state index < -0.39 is 11.7 Å². The Hall–Kier alpha value is -2.70. The maximum Gasteiger partial charge on any atom is 0.274 e. The summed E-state index contributed by atoms with van der Waals surface area (Å²) in [5.74, 6) is -1.28. The Morgan fingerprint density at radius 1 is 1.23 bits per heavy atom. The first-order valence-corrected chi connectivity index (χ1v) is 8.32. The molecule has 8 heteroatoms. The molecule has 0 aliphatic heterocycles. The fourth-order valence-electron chi connectivity index (χ4n) is 2.30. The zero-order valence-corrected chi connectivity index (χ0v) is 15.1. The number of aromatic nitrogens is 2. The number of hydrogen-bond donors (Lipinski definition) is 1. The molecule has 26 heavy (non-hydrogen) atoms. The molecule has 0 saturated heterocycles. The minimum Gasteiger partial charge on any atom is -0.267 e. The third kappa shape index (κ3) is 3.76. The highest BCUT2D eigenvalue weighted by atomic mass is 35.5. The minimum absolute atomic E-state index is 0.0953. The van der Waals surface area contributed by atoms with Crippen molar-refractivity contribution in [3.63, 3.8) is 0 Å². The number of carbonyl (C=O) groups excluding carboxylic acids is 1. The summed E-state index contributed by atoms with van der Waals surface area (Å²) in [5.41, 5.74) is 4.01. The molecule has 5 nitrogen and oxygen atoms in total. The highest BCUT2D eigenvalue weighted by molar-refractivity contribution is 6.32. The monoisotopic (exact) mass is 390 g/mol. The minimum atomic E-state index is -0.657. The normalized spacial score (nSPS) is 11.1. The molecule has 0 bridgehead atoms. The van der Waals surface area contributed by atoms with Crippen molar-refractivity contribution in [1.29, 1.82) is 0 Å². The van der Waals surface area contributed by atoms with E-state index in [4.69, 9.17) is 23.2 Å². The lowest BCUT2D eigenvalue weighted by Crippen LogP contribution is -2.19. The third-order valence-corrected chi connectivity index (χ3v) is 4.18. The Kier molecular flexibility index (Phi) is 5.35. The van der Waals surface area contributed by atoms with Crippen molar-refractivity contribution < 1.29 is 9.18 Å². The molecular weight excluding hydrogens is 378 g/mol. The van der Waals surface area contributed by atoms with Crippen LogP contribution in [0.4, 0.5) is 4.39 Å². The van der Waals surface area contributed by atoms with Gasteiger partial charge in [-0.2, -0.15) is 10.2 Å². The number of rotatable bonds is 4. The SMILES string of the molecule is Cc1nn(-c2cccc(Cl)c2)c(Cl)c1/C=N/NC(=O)c1ccccc1F.